The molecule has 4 saturated heterocycles. The molecule has 8 aliphatic rings. The normalized spacial score (nSPS) is 32.9. The molecule has 20 heteroatoms. The van der Waals surface area contributed by atoms with Crippen molar-refractivity contribution < 1.29 is 90.5 Å². The van der Waals surface area contributed by atoms with E-state index in [9.17, 15) is 9.90 Å². The summed E-state index contributed by atoms with van der Waals surface area (Å²) in [5.74, 6) is -1.32. The molecule has 0 aromatic heterocycles. The predicted molar refractivity (Wildman–Crippen MR) is 371 cm³/mol. The number of amides is 1. The molecule has 19 atom stereocenters. The highest BCUT2D eigenvalue weighted by molar-refractivity contribution is 5.68. The fraction of sp³-hybridized carbons (Fsp3) is 0.605. The number of carbonyl (C=O) groups excluding carboxylic acids is 2. The lowest BCUT2D eigenvalue weighted by molar-refractivity contribution is -0.370. The van der Waals surface area contributed by atoms with Crippen molar-refractivity contribution in [3.05, 3.63) is 179 Å². The quantitative estimate of drug-likeness (QED) is 0.0520. The summed E-state index contributed by atoms with van der Waals surface area (Å²) in [5.41, 5.74) is 3.45. The first-order valence-corrected chi connectivity index (χ1v) is 37.1. The van der Waals surface area contributed by atoms with Gasteiger partial charge in [-0.1, -0.05) is 192 Å². The van der Waals surface area contributed by atoms with E-state index in [1.165, 1.54) is 0 Å². The monoisotopic (exact) mass is 1400 g/mol. The standard InChI is InChI=1S/C81H105NO19/c1-52(2)59-39-38-53(3)44-60(59)93-78(85)96-69-68(70-72(99-80(97-70)40-24-12-25-41-80)73-71(69)98-81(100-73)42-26-13-27-43-81)95-75-63(82-77(84)101-79(4,5)6)66(88-48-56-32-18-9-19-33-56)65(61(45-83)91-75)94-76-74(90-50-58-36-22-11-23-37-58)67(89-49-57-34-20-10-21-35-57)64(87-47-55-30-16-8-17-31-55)62(92-76)51-86-46-54-28-14-7-15-29-54/h7-11,14-23,28-37,52-53,59-76,83H,12-13,24-27,38-51H2,1-6H3,(H,82,84)/t53-,59+,60-,61-,62-,63-,64-,65-,66-,67+,68+,69+,70-,71+,72+,73+,74+,75-,76-/m1/s1. The SMILES string of the molecule is CC(C)[C@@H]1CC[C@@H](C)C[C@H]1OC(=O)O[C@H]1[C@H](O[C@H]2O[C@H](CO)[C@@H](O[C@H]3O[C@H](COCc4ccccc4)[C@@H](OCc4ccccc4)[C@H](OCc4ccccc4)[C@@H]3OCc3ccccc3)[C@H](OCc3ccccc3)[C@H]2NC(=O)OC(C)(C)C)[C@H]2OC3(CCCCC3)O[C@@H]2[C@H]2OC3(CCCCC3)O[C@@H]12. The van der Waals surface area contributed by atoms with Gasteiger partial charge in [-0.25, -0.2) is 9.59 Å². The van der Waals surface area contributed by atoms with Gasteiger partial charge in [0.1, 0.15) is 91.0 Å². The fourth-order valence-electron chi connectivity index (χ4n) is 16.2. The lowest BCUT2D eigenvalue weighted by Gasteiger charge is -2.51. The van der Waals surface area contributed by atoms with E-state index in [1.807, 2.05) is 152 Å². The number of benzene rings is 5. The number of rotatable bonds is 25. The summed E-state index contributed by atoms with van der Waals surface area (Å²) in [6.07, 6.45) is -7.88. The van der Waals surface area contributed by atoms with Crippen LogP contribution in [0.1, 0.15) is 153 Å². The molecule has 0 bridgehead atoms. The van der Waals surface area contributed by atoms with E-state index in [0.717, 1.165) is 79.2 Å². The van der Waals surface area contributed by atoms with Gasteiger partial charge in [0, 0.05) is 25.7 Å². The van der Waals surface area contributed by atoms with Gasteiger partial charge in [0.25, 0.3) is 0 Å². The molecule has 4 aliphatic carbocycles. The van der Waals surface area contributed by atoms with Crippen molar-refractivity contribution in [2.75, 3.05) is 13.2 Å². The number of aliphatic hydroxyl groups excluding tert-OH is 1. The molecule has 5 aromatic carbocycles. The first kappa shape index (κ1) is 73.4. The van der Waals surface area contributed by atoms with Crippen molar-refractivity contribution in [2.24, 2.45) is 17.8 Å². The van der Waals surface area contributed by atoms with E-state index in [0.29, 0.717) is 38.0 Å². The van der Waals surface area contributed by atoms with E-state index in [-0.39, 0.29) is 51.5 Å². The maximum atomic E-state index is 15.0. The zero-order valence-corrected chi connectivity index (χ0v) is 59.4. The van der Waals surface area contributed by atoms with E-state index in [4.69, 9.17) is 75.8 Å². The van der Waals surface area contributed by atoms with Crippen LogP contribution in [0.15, 0.2) is 152 Å². The van der Waals surface area contributed by atoms with Crippen LogP contribution in [-0.4, -0.2) is 152 Å². The number of carbonyl (C=O) groups is 2. The first-order valence-electron chi connectivity index (χ1n) is 37.1. The molecule has 13 rings (SSSR count). The van der Waals surface area contributed by atoms with E-state index in [1.54, 1.807) is 20.8 Å². The minimum atomic E-state index is -1.54. The van der Waals surface area contributed by atoms with Crippen LogP contribution >= 0.6 is 0 Å². The molecule has 101 heavy (non-hydrogen) atoms. The van der Waals surface area contributed by atoms with E-state index >= 15 is 4.79 Å². The molecule has 2 spiro atoms. The number of ether oxygens (including phenoxy) is 16. The van der Waals surface area contributed by atoms with Gasteiger partial charge in [0.15, 0.2) is 30.3 Å². The number of aliphatic hydroxyl groups is 1. The summed E-state index contributed by atoms with van der Waals surface area (Å²) >= 11 is 0. The third kappa shape index (κ3) is 18.4. The van der Waals surface area contributed by atoms with Crippen LogP contribution in [0.3, 0.4) is 0 Å². The van der Waals surface area contributed by atoms with Gasteiger partial charge >= 0.3 is 12.2 Å². The summed E-state index contributed by atoms with van der Waals surface area (Å²) in [6.45, 7) is 11.9. The van der Waals surface area contributed by atoms with Gasteiger partial charge < -0.3 is 86.2 Å². The van der Waals surface area contributed by atoms with Gasteiger partial charge in [-0.05, 0) is 105 Å². The molecule has 5 aromatic rings. The lowest BCUT2D eigenvalue weighted by Crippen LogP contribution is -2.70. The second-order valence-corrected chi connectivity index (χ2v) is 30.3. The number of fused-ring (bicyclic) bond motifs is 3. The summed E-state index contributed by atoms with van der Waals surface area (Å²) < 4.78 is 113. The number of nitrogens with one attached hydrogen (secondary N) is 1. The Morgan fingerprint density at radius 2 is 0.950 bits per heavy atom. The first-order chi connectivity index (χ1) is 49.1. The Morgan fingerprint density at radius 1 is 0.505 bits per heavy atom. The van der Waals surface area contributed by atoms with Gasteiger partial charge in [0.05, 0.1) is 46.2 Å². The maximum absolute atomic E-state index is 15.0. The van der Waals surface area contributed by atoms with Crippen LogP contribution in [0, 0.1) is 17.8 Å². The Hall–Kier alpha value is -5.92. The highest BCUT2D eigenvalue weighted by atomic mass is 16.8. The highest BCUT2D eigenvalue weighted by Gasteiger charge is 2.69. The summed E-state index contributed by atoms with van der Waals surface area (Å²) in [6, 6.07) is 47.7. The predicted octanol–water partition coefficient (Wildman–Crippen LogP) is 13.5. The molecule has 548 valence electrons. The van der Waals surface area contributed by atoms with Crippen molar-refractivity contribution in [2.45, 2.75) is 279 Å². The molecule has 1 amide bonds. The van der Waals surface area contributed by atoms with Gasteiger partial charge in [-0.2, -0.15) is 0 Å². The Morgan fingerprint density at radius 3 is 1.45 bits per heavy atom. The van der Waals surface area contributed by atoms with Crippen molar-refractivity contribution in [1.82, 2.24) is 5.32 Å². The molecule has 4 saturated carbocycles. The lowest BCUT2D eigenvalue weighted by atomic mass is 9.75. The van der Waals surface area contributed by atoms with Crippen LogP contribution in [-0.2, 0) is 109 Å². The largest absolute Gasteiger partial charge is 0.509 e. The van der Waals surface area contributed by atoms with Gasteiger partial charge in [0.2, 0.25) is 0 Å². The second-order valence-electron chi connectivity index (χ2n) is 30.3. The molecule has 0 radical (unpaired) electrons. The Balaban J connectivity index is 0.905. The smallest absolute Gasteiger partial charge is 0.444 e. The molecular formula is C81H105NO19. The third-order valence-corrected chi connectivity index (χ3v) is 21.2. The maximum Gasteiger partial charge on any atom is 0.509 e. The van der Waals surface area contributed by atoms with Crippen LogP contribution in [0.4, 0.5) is 9.59 Å². The zero-order chi connectivity index (χ0) is 69.9. The minimum Gasteiger partial charge on any atom is -0.444 e. The molecule has 8 fully saturated rings. The average Bonchev–Trinajstić information content (AvgIpc) is 1.57. The number of alkyl carbamates (subject to hydrolysis) is 1. The minimum absolute atomic E-state index is 0.0182. The van der Waals surface area contributed by atoms with Crippen molar-refractivity contribution in [3.63, 3.8) is 0 Å². The summed E-state index contributed by atoms with van der Waals surface area (Å²) in [5, 5.41) is 15.3. The average molecular weight is 1400 g/mol. The van der Waals surface area contributed by atoms with Crippen LogP contribution < -0.4 is 5.32 Å². The molecule has 0 unspecified atom stereocenters. The van der Waals surface area contributed by atoms with Crippen LogP contribution in [0.5, 0.6) is 0 Å². The Bertz CT molecular complexity index is 3340. The van der Waals surface area contributed by atoms with Gasteiger partial charge in [-0.3, -0.25) is 0 Å². The molecule has 2 N–H and O–H groups in total. The van der Waals surface area contributed by atoms with E-state index < -0.39 is 140 Å². The summed E-state index contributed by atoms with van der Waals surface area (Å²) in [7, 11) is 0. The second kappa shape index (κ2) is 33.9. The topological polar surface area (TPSA) is 214 Å². The van der Waals surface area contributed by atoms with E-state index in [2.05, 4.69) is 26.1 Å². The third-order valence-electron chi connectivity index (χ3n) is 21.2. The zero-order valence-electron chi connectivity index (χ0n) is 59.4. The van der Waals surface area contributed by atoms with Crippen LogP contribution in [0.25, 0.3) is 0 Å². The summed E-state index contributed by atoms with van der Waals surface area (Å²) in [4.78, 5) is 30.0. The van der Waals surface area contributed by atoms with Crippen molar-refractivity contribution in [3.8, 4) is 0 Å². The Kier molecular flexibility index (Phi) is 24.6. The molecule has 4 heterocycles. The molecule has 4 aliphatic heterocycles. The van der Waals surface area contributed by atoms with Gasteiger partial charge in [-0.15, -0.1) is 0 Å². The number of hydrogen-bond donors (Lipinski definition) is 2. The fourth-order valence-corrected chi connectivity index (χ4v) is 16.2. The molecular weight excluding hydrogens is 1290 g/mol. The number of hydrogen-bond acceptors (Lipinski definition) is 19. The Labute approximate surface area is 595 Å². The highest BCUT2D eigenvalue weighted by Crippen LogP contribution is 2.54. The van der Waals surface area contributed by atoms with Crippen molar-refractivity contribution >= 4 is 12.2 Å². The van der Waals surface area contributed by atoms with Crippen LogP contribution in [0.2, 0.25) is 0 Å². The van der Waals surface area contributed by atoms with Crippen molar-refractivity contribution in [1.29, 1.82) is 0 Å². The molecule has 20 nitrogen and oxygen atoms in total.